The lowest BCUT2D eigenvalue weighted by molar-refractivity contribution is 0.558. The fourth-order valence-electron chi connectivity index (χ4n) is 2.73. The Morgan fingerprint density at radius 3 is 2.05 bits per heavy atom. The van der Waals surface area contributed by atoms with E-state index in [0.717, 1.165) is 11.0 Å². The molecule has 2 aromatic rings. The minimum Gasteiger partial charge on any atom is -0.249 e. The number of hydrogen-bond acceptors (Lipinski definition) is 2. The van der Waals surface area contributed by atoms with Crippen LogP contribution in [0.2, 0.25) is 0 Å². The van der Waals surface area contributed by atoms with Crippen molar-refractivity contribution in [3.63, 3.8) is 0 Å². The van der Waals surface area contributed by atoms with E-state index in [1.807, 2.05) is 0 Å². The molecule has 1 aromatic carbocycles. The second kappa shape index (κ2) is 4.53. The highest BCUT2D eigenvalue weighted by atomic mass is 14.9. The van der Waals surface area contributed by atoms with Crippen LogP contribution in [0.3, 0.4) is 0 Å². The molecule has 0 aliphatic heterocycles. The van der Waals surface area contributed by atoms with Crippen LogP contribution < -0.4 is 0 Å². The first-order chi connectivity index (χ1) is 9.66. The van der Waals surface area contributed by atoms with Gasteiger partial charge in [-0.3, -0.25) is 0 Å². The maximum atomic E-state index is 5.02. The van der Waals surface area contributed by atoms with Crippen molar-refractivity contribution in [2.75, 3.05) is 0 Å². The minimum absolute atomic E-state index is 0.0524. The van der Waals surface area contributed by atoms with Crippen molar-refractivity contribution >= 4 is 11.0 Å². The lowest BCUT2D eigenvalue weighted by atomic mass is 9.86. The predicted molar refractivity (Wildman–Crippen MR) is 88.9 cm³/mol. The molecule has 1 aromatic heterocycles. The number of hydrogen-bond donors (Lipinski definition) is 0. The zero-order valence-corrected chi connectivity index (χ0v) is 14.1. The van der Waals surface area contributed by atoms with Crippen molar-refractivity contribution in [2.45, 2.75) is 71.1 Å². The summed E-state index contributed by atoms with van der Waals surface area (Å²) in [7, 11) is 0. The third-order valence-corrected chi connectivity index (χ3v) is 4.23. The number of rotatable bonds is 1. The summed E-state index contributed by atoms with van der Waals surface area (Å²) in [4.78, 5) is 9.98. The van der Waals surface area contributed by atoms with Gasteiger partial charge in [0, 0.05) is 11.3 Å². The molecule has 0 bridgehead atoms. The molecule has 112 valence electrons. The summed E-state index contributed by atoms with van der Waals surface area (Å²) in [5.74, 6) is 0.637. The monoisotopic (exact) mass is 282 g/mol. The number of nitrogens with zero attached hydrogens (tertiary/aromatic N) is 2. The third-order valence-electron chi connectivity index (χ3n) is 4.23. The first-order valence-corrected chi connectivity index (χ1v) is 7.99. The molecule has 2 heteroatoms. The Labute approximate surface area is 128 Å². The van der Waals surface area contributed by atoms with Crippen LogP contribution in [0.5, 0.6) is 0 Å². The van der Waals surface area contributed by atoms with Crippen molar-refractivity contribution in [3.05, 3.63) is 35.2 Å². The van der Waals surface area contributed by atoms with E-state index in [1.165, 1.54) is 29.8 Å². The lowest BCUT2D eigenvalue weighted by Crippen LogP contribution is -2.18. The summed E-state index contributed by atoms with van der Waals surface area (Å²) >= 11 is 0. The Bertz CT molecular complexity index is 683. The molecule has 0 unspecified atom stereocenters. The second-order valence-electron chi connectivity index (χ2n) is 8.44. The summed E-state index contributed by atoms with van der Waals surface area (Å²) in [6, 6.07) is 6.56. The highest BCUT2D eigenvalue weighted by Crippen LogP contribution is 2.43. The van der Waals surface area contributed by atoms with E-state index in [-0.39, 0.29) is 10.8 Å². The van der Waals surface area contributed by atoms with Gasteiger partial charge in [0.2, 0.25) is 0 Å². The largest absolute Gasteiger partial charge is 0.249 e. The van der Waals surface area contributed by atoms with E-state index < -0.39 is 0 Å². The van der Waals surface area contributed by atoms with E-state index in [2.05, 4.69) is 59.7 Å². The van der Waals surface area contributed by atoms with E-state index >= 15 is 0 Å². The lowest BCUT2D eigenvalue weighted by Gasteiger charge is -2.23. The topological polar surface area (TPSA) is 25.8 Å². The van der Waals surface area contributed by atoms with Crippen molar-refractivity contribution in [1.82, 2.24) is 9.97 Å². The molecule has 0 N–H and O–H groups in total. The minimum atomic E-state index is 0.0524. The van der Waals surface area contributed by atoms with Gasteiger partial charge < -0.3 is 0 Å². The maximum absolute atomic E-state index is 5.02. The number of fused-ring (bicyclic) bond motifs is 1. The summed E-state index contributed by atoms with van der Waals surface area (Å²) in [6.07, 6.45) is 2.53. The van der Waals surface area contributed by atoms with Crippen LogP contribution in [0, 0.1) is 0 Å². The molecule has 0 spiro atoms. The molecular weight excluding hydrogens is 256 g/mol. The van der Waals surface area contributed by atoms with Gasteiger partial charge in [-0.1, -0.05) is 47.6 Å². The molecule has 3 rings (SSSR count). The van der Waals surface area contributed by atoms with Gasteiger partial charge in [-0.05, 0) is 36.0 Å². The molecular formula is C19H26N2. The van der Waals surface area contributed by atoms with Crippen LogP contribution in [-0.4, -0.2) is 9.97 Å². The average Bonchev–Trinajstić information content (AvgIpc) is 3.18. The van der Waals surface area contributed by atoms with Crippen LogP contribution in [0.15, 0.2) is 18.2 Å². The van der Waals surface area contributed by atoms with Gasteiger partial charge in [-0.25, -0.2) is 9.97 Å². The summed E-state index contributed by atoms with van der Waals surface area (Å²) < 4.78 is 0. The van der Waals surface area contributed by atoms with Crippen LogP contribution >= 0.6 is 0 Å². The molecule has 1 aliphatic carbocycles. The van der Waals surface area contributed by atoms with Gasteiger partial charge in [0.15, 0.2) is 0 Å². The smallest absolute Gasteiger partial charge is 0.0893 e. The first-order valence-electron chi connectivity index (χ1n) is 7.99. The van der Waals surface area contributed by atoms with Gasteiger partial charge in [0.25, 0.3) is 0 Å². The maximum Gasteiger partial charge on any atom is 0.0893 e. The van der Waals surface area contributed by atoms with Crippen molar-refractivity contribution in [1.29, 1.82) is 0 Å². The quantitative estimate of drug-likeness (QED) is 0.727. The Kier molecular flexibility index (Phi) is 3.12. The van der Waals surface area contributed by atoms with E-state index in [1.54, 1.807) is 0 Å². The standard InChI is InChI=1S/C19H26N2/c1-18(2,3)13-9-10-14-15(11-13)21-17(19(4,5)6)16(20-14)12-7-8-12/h9-12H,7-8H2,1-6H3. The fourth-order valence-corrected chi connectivity index (χ4v) is 2.73. The van der Waals surface area contributed by atoms with Crippen molar-refractivity contribution in [2.24, 2.45) is 0 Å². The van der Waals surface area contributed by atoms with Crippen LogP contribution in [0.25, 0.3) is 11.0 Å². The molecule has 0 saturated heterocycles. The summed E-state index contributed by atoms with van der Waals surface area (Å²) in [5, 5.41) is 0. The van der Waals surface area contributed by atoms with Gasteiger partial charge in [-0.15, -0.1) is 0 Å². The van der Waals surface area contributed by atoms with Gasteiger partial charge in [0.1, 0.15) is 0 Å². The Balaban J connectivity index is 2.21. The highest BCUT2D eigenvalue weighted by Gasteiger charge is 2.33. The third kappa shape index (κ3) is 2.81. The molecule has 1 heterocycles. The van der Waals surface area contributed by atoms with E-state index in [4.69, 9.17) is 9.97 Å². The van der Waals surface area contributed by atoms with Gasteiger partial charge >= 0.3 is 0 Å². The molecule has 1 fully saturated rings. The fraction of sp³-hybridized carbons (Fsp3) is 0.579. The van der Waals surface area contributed by atoms with Crippen LogP contribution in [0.4, 0.5) is 0 Å². The van der Waals surface area contributed by atoms with Crippen molar-refractivity contribution < 1.29 is 0 Å². The Hall–Kier alpha value is -1.44. The summed E-state index contributed by atoms with van der Waals surface area (Å²) in [5.41, 5.74) is 6.02. The number of benzene rings is 1. The highest BCUT2D eigenvalue weighted by molar-refractivity contribution is 5.76. The average molecular weight is 282 g/mol. The van der Waals surface area contributed by atoms with Gasteiger partial charge in [-0.2, -0.15) is 0 Å². The molecule has 0 amide bonds. The normalized spacial score (nSPS) is 16.5. The van der Waals surface area contributed by atoms with E-state index in [0.29, 0.717) is 5.92 Å². The van der Waals surface area contributed by atoms with Crippen LogP contribution in [-0.2, 0) is 10.8 Å². The summed E-state index contributed by atoms with van der Waals surface area (Å²) in [6.45, 7) is 13.4. The molecule has 1 aliphatic rings. The zero-order valence-electron chi connectivity index (χ0n) is 14.1. The second-order valence-corrected chi connectivity index (χ2v) is 8.44. The Morgan fingerprint density at radius 2 is 1.52 bits per heavy atom. The molecule has 1 saturated carbocycles. The first kappa shape index (κ1) is 14.5. The predicted octanol–water partition coefficient (Wildman–Crippen LogP) is 5.10. The zero-order chi connectivity index (χ0) is 15.4. The Morgan fingerprint density at radius 1 is 0.857 bits per heavy atom. The number of aromatic nitrogens is 2. The molecule has 2 nitrogen and oxygen atoms in total. The SMILES string of the molecule is CC(C)(C)c1ccc2nc(C3CC3)c(C(C)(C)C)nc2c1. The molecule has 0 radical (unpaired) electrons. The molecule has 21 heavy (non-hydrogen) atoms. The van der Waals surface area contributed by atoms with Crippen LogP contribution in [0.1, 0.15) is 77.3 Å². The van der Waals surface area contributed by atoms with Gasteiger partial charge in [0.05, 0.1) is 22.4 Å². The molecule has 0 atom stereocenters. The van der Waals surface area contributed by atoms with E-state index in [9.17, 15) is 0 Å². The van der Waals surface area contributed by atoms with Crippen molar-refractivity contribution in [3.8, 4) is 0 Å².